The number of amides is 1. The van der Waals surface area contributed by atoms with Crippen LogP contribution in [0.3, 0.4) is 0 Å². The van der Waals surface area contributed by atoms with Gasteiger partial charge >= 0.3 is 0 Å². The first-order chi connectivity index (χ1) is 52.3. The van der Waals surface area contributed by atoms with Gasteiger partial charge in [-0.05, 0) is 70.6 Å². The summed E-state index contributed by atoms with van der Waals surface area (Å²) in [7, 11) is 0. The average molecular weight is 1520 g/mol. The molecule has 3 fully saturated rings. The van der Waals surface area contributed by atoms with Gasteiger partial charge in [-0.15, -0.1) is 0 Å². The fourth-order valence-corrected chi connectivity index (χ4v) is 14.7. The number of hydrogen-bond acceptors (Lipinski definition) is 18. The van der Waals surface area contributed by atoms with Crippen molar-refractivity contribution in [2.75, 3.05) is 26.4 Å². The topological polar surface area (TPSA) is 307 Å². The van der Waals surface area contributed by atoms with E-state index < -0.39 is 124 Å². The lowest BCUT2D eigenvalue weighted by Crippen LogP contribution is -2.66. The van der Waals surface area contributed by atoms with Crippen molar-refractivity contribution in [1.29, 1.82) is 0 Å². The Kier molecular flexibility index (Phi) is 62.7. The highest BCUT2D eigenvalue weighted by Crippen LogP contribution is 2.33. The number of ether oxygens (including phenoxy) is 6. The van der Waals surface area contributed by atoms with Crippen molar-refractivity contribution in [2.45, 2.75) is 465 Å². The molecule has 1 amide bonds. The Bertz CT molecular complexity index is 2160. The van der Waals surface area contributed by atoms with E-state index >= 15 is 0 Å². The minimum atomic E-state index is -1.98. The molecule has 0 saturated carbocycles. The zero-order valence-electron chi connectivity index (χ0n) is 67.4. The van der Waals surface area contributed by atoms with Crippen LogP contribution >= 0.6 is 0 Å². The van der Waals surface area contributed by atoms with Crippen molar-refractivity contribution < 1.29 is 89.4 Å². The van der Waals surface area contributed by atoms with Crippen LogP contribution in [0.4, 0.5) is 0 Å². The number of carbonyl (C=O) groups excluding carboxylic acids is 1. The highest BCUT2D eigenvalue weighted by atomic mass is 16.8. The molecule has 107 heavy (non-hydrogen) atoms. The molecule has 626 valence electrons. The summed E-state index contributed by atoms with van der Waals surface area (Å²) in [6.45, 7) is 1.76. The summed E-state index contributed by atoms with van der Waals surface area (Å²) in [5.41, 5.74) is 0. The smallest absolute Gasteiger partial charge is 0.220 e. The van der Waals surface area contributed by atoms with Gasteiger partial charge in [-0.3, -0.25) is 4.79 Å². The van der Waals surface area contributed by atoms with E-state index in [2.05, 4.69) is 67.8 Å². The van der Waals surface area contributed by atoms with Crippen molar-refractivity contribution >= 4 is 5.91 Å². The average Bonchev–Trinajstić information content (AvgIpc) is 0.781. The summed E-state index contributed by atoms with van der Waals surface area (Å²) >= 11 is 0. The number of aliphatic hydroxyl groups excluding tert-OH is 11. The maximum absolute atomic E-state index is 13.5. The van der Waals surface area contributed by atoms with Crippen molar-refractivity contribution in [1.82, 2.24) is 5.32 Å². The fourth-order valence-electron chi connectivity index (χ4n) is 14.7. The molecule has 0 aliphatic carbocycles. The second-order valence-corrected chi connectivity index (χ2v) is 31.3. The highest BCUT2D eigenvalue weighted by molar-refractivity contribution is 5.76. The SMILES string of the molecule is CCCCCCC/C=C\C/C=C\C/C=C\CCCCCCCCCCCCCCCCCCCCCCC(=O)NC(COC1OC(CO)C(OC2OC(CO)C(OC3OC(CO)C(O)C(O)C3O)C(O)C2O)C(O)C1O)C(O)/C=C/CC/C=C/CCCCCCCCCCCCCCCCCCCCCCC. The summed E-state index contributed by atoms with van der Waals surface area (Å²) < 4.78 is 34.5. The summed E-state index contributed by atoms with van der Waals surface area (Å²) in [5, 5.41) is 121. The minimum absolute atomic E-state index is 0.237. The zero-order valence-corrected chi connectivity index (χ0v) is 67.4. The van der Waals surface area contributed by atoms with Crippen LogP contribution in [-0.2, 0) is 33.2 Å². The Morgan fingerprint density at radius 1 is 0.336 bits per heavy atom. The molecule has 17 atom stereocenters. The van der Waals surface area contributed by atoms with Crippen molar-refractivity contribution in [2.24, 2.45) is 0 Å². The number of rotatable bonds is 71. The molecular formula is C88H161NO18. The van der Waals surface area contributed by atoms with Crippen molar-refractivity contribution in [3.8, 4) is 0 Å². The maximum atomic E-state index is 13.5. The molecule has 3 aliphatic rings. The molecule has 3 aliphatic heterocycles. The number of hydrogen-bond donors (Lipinski definition) is 12. The van der Waals surface area contributed by atoms with Crippen molar-refractivity contribution in [3.63, 3.8) is 0 Å². The van der Waals surface area contributed by atoms with Gasteiger partial charge in [0.15, 0.2) is 18.9 Å². The van der Waals surface area contributed by atoms with Crippen LogP contribution in [-0.4, -0.2) is 193 Å². The summed E-state index contributed by atoms with van der Waals surface area (Å²) in [6.07, 6.45) is 62.3. The minimum Gasteiger partial charge on any atom is -0.394 e. The molecule has 0 aromatic heterocycles. The number of aliphatic hydroxyl groups is 11. The van der Waals surface area contributed by atoms with Crippen LogP contribution in [0.2, 0.25) is 0 Å². The lowest BCUT2D eigenvalue weighted by Gasteiger charge is -2.48. The standard InChI is InChI=1S/C88H161NO18/c1-3-5-7-9-11-13-15-17-19-21-23-25-27-29-31-32-33-34-35-36-37-38-40-42-44-46-48-50-52-54-56-58-60-62-64-66-76(94)89-71(72(93)65-63-61-59-57-55-53-51-49-47-45-43-41-39-30-28-26-24-22-20-18-16-14-12-10-8-6-4-2)70-102-86-82(100)79(97)84(74(68-91)104-86)107-88-83(101)80(98)85(75(69-92)105-88)106-87-81(99)78(96)77(95)73(67-90)103-87/h15,17,21,23,27,29,55,57,63,65,71-75,77-88,90-93,95-101H,3-14,16,18-20,22,24-26,28,30-54,56,58-62,64,66-70H2,1-2H3,(H,89,94)/b17-15-,23-21-,29-27-,57-55+,65-63+. The van der Waals surface area contributed by atoms with Crippen LogP contribution in [0.5, 0.6) is 0 Å². The molecule has 0 aromatic carbocycles. The van der Waals surface area contributed by atoms with Gasteiger partial charge in [0.2, 0.25) is 5.91 Å². The quantitative estimate of drug-likeness (QED) is 0.0199. The van der Waals surface area contributed by atoms with E-state index in [0.717, 1.165) is 51.4 Å². The number of allylic oxidation sites excluding steroid dienone is 9. The van der Waals surface area contributed by atoms with Crippen molar-refractivity contribution in [3.05, 3.63) is 60.8 Å². The third-order valence-electron chi connectivity index (χ3n) is 21.8. The molecule has 19 nitrogen and oxygen atoms in total. The van der Waals surface area contributed by atoms with Crippen LogP contribution in [0.15, 0.2) is 60.8 Å². The molecule has 0 bridgehead atoms. The van der Waals surface area contributed by atoms with E-state index in [9.17, 15) is 61.0 Å². The third-order valence-corrected chi connectivity index (χ3v) is 21.8. The summed E-state index contributed by atoms with van der Waals surface area (Å²) in [6, 6.07) is -0.993. The molecule has 19 heteroatoms. The largest absolute Gasteiger partial charge is 0.394 e. The van der Waals surface area contributed by atoms with E-state index in [-0.39, 0.29) is 18.9 Å². The van der Waals surface area contributed by atoms with Gasteiger partial charge in [0.25, 0.3) is 0 Å². The van der Waals surface area contributed by atoms with Gasteiger partial charge in [0, 0.05) is 6.42 Å². The molecule has 0 spiro atoms. The van der Waals surface area contributed by atoms with E-state index in [4.69, 9.17) is 28.4 Å². The molecule has 3 rings (SSSR count). The second kappa shape index (κ2) is 67.9. The Morgan fingerprint density at radius 3 is 1.00 bits per heavy atom. The van der Waals surface area contributed by atoms with E-state index in [1.54, 1.807) is 6.08 Å². The highest BCUT2D eigenvalue weighted by Gasteiger charge is 2.54. The Morgan fingerprint density at radius 2 is 0.626 bits per heavy atom. The van der Waals surface area contributed by atoms with Crippen LogP contribution in [0.25, 0.3) is 0 Å². The first-order valence-corrected chi connectivity index (χ1v) is 44.0. The summed E-state index contributed by atoms with van der Waals surface area (Å²) in [5.74, 6) is -0.280. The van der Waals surface area contributed by atoms with Crippen LogP contribution in [0.1, 0.15) is 361 Å². The van der Waals surface area contributed by atoms with Crippen LogP contribution < -0.4 is 5.32 Å². The van der Waals surface area contributed by atoms with Crippen LogP contribution in [0, 0.1) is 0 Å². The van der Waals surface area contributed by atoms with Gasteiger partial charge < -0.3 is 89.9 Å². The van der Waals surface area contributed by atoms with Gasteiger partial charge in [-0.2, -0.15) is 0 Å². The second-order valence-electron chi connectivity index (χ2n) is 31.3. The maximum Gasteiger partial charge on any atom is 0.220 e. The number of unbranched alkanes of at least 4 members (excludes halogenated alkanes) is 47. The van der Waals surface area contributed by atoms with E-state index in [1.165, 1.54) is 276 Å². The van der Waals surface area contributed by atoms with Gasteiger partial charge in [-0.1, -0.05) is 344 Å². The van der Waals surface area contributed by atoms with Gasteiger partial charge in [0.1, 0.15) is 73.2 Å². The molecule has 3 heterocycles. The monoisotopic (exact) mass is 1520 g/mol. The predicted molar refractivity (Wildman–Crippen MR) is 429 cm³/mol. The third kappa shape index (κ3) is 47.1. The Balaban J connectivity index is 1.34. The molecule has 0 aromatic rings. The lowest BCUT2D eigenvalue weighted by molar-refractivity contribution is -0.379. The Hall–Kier alpha value is -2.51. The Labute approximate surface area is 649 Å². The molecular weight excluding hydrogens is 1360 g/mol. The molecule has 0 radical (unpaired) electrons. The molecule has 12 N–H and O–H groups in total. The predicted octanol–water partition coefficient (Wildman–Crippen LogP) is 16.2. The zero-order chi connectivity index (χ0) is 77.4. The van der Waals surface area contributed by atoms with E-state index in [0.29, 0.717) is 12.8 Å². The fraction of sp³-hybridized carbons (Fsp3) is 0.875. The lowest BCUT2D eigenvalue weighted by atomic mass is 9.96. The molecule has 3 saturated heterocycles. The summed E-state index contributed by atoms with van der Waals surface area (Å²) in [4.78, 5) is 13.5. The number of carbonyl (C=O) groups is 1. The normalized spacial score (nSPS) is 25.8. The van der Waals surface area contributed by atoms with Gasteiger partial charge in [0.05, 0.1) is 38.6 Å². The number of nitrogens with one attached hydrogen (secondary N) is 1. The van der Waals surface area contributed by atoms with Gasteiger partial charge in [-0.25, -0.2) is 0 Å². The first-order valence-electron chi connectivity index (χ1n) is 44.0. The first kappa shape index (κ1) is 98.7. The van der Waals surface area contributed by atoms with E-state index in [1.807, 2.05) is 6.08 Å². The molecule has 17 unspecified atom stereocenters.